The molecule has 25 heavy (non-hydrogen) atoms. The summed E-state index contributed by atoms with van der Waals surface area (Å²) in [5.74, 6) is 0. The van der Waals surface area contributed by atoms with Gasteiger partial charge in [0, 0.05) is 17.5 Å². The molecule has 5 heteroatoms. The molecular formula is C20H18N4S. The second-order valence-electron chi connectivity index (χ2n) is 6.66. The molecule has 3 aromatic heterocycles. The highest BCUT2D eigenvalue weighted by Gasteiger charge is 2.23. The van der Waals surface area contributed by atoms with Gasteiger partial charge in [-0.1, -0.05) is 12.1 Å². The van der Waals surface area contributed by atoms with E-state index in [1.54, 1.807) is 11.3 Å². The van der Waals surface area contributed by atoms with E-state index < -0.39 is 0 Å². The minimum atomic E-state index is 0.532. The lowest BCUT2D eigenvalue weighted by molar-refractivity contribution is 0.290. The number of pyridine rings is 1. The first kappa shape index (κ1) is 14.8. The van der Waals surface area contributed by atoms with Crippen molar-refractivity contribution in [2.45, 2.75) is 32.2 Å². The number of rotatable bonds is 3. The van der Waals surface area contributed by atoms with E-state index in [4.69, 9.17) is 10.1 Å². The van der Waals surface area contributed by atoms with Crippen LogP contribution >= 0.6 is 11.3 Å². The normalized spacial score (nSPS) is 14.8. The van der Waals surface area contributed by atoms with E-state index in [2.05, 4.69) is 46.2 Å². The van der Waals surface area contributed by atoms with E-state index in [0.29, 0.717) is 6.04 Å². The van der Waals surface area contributed by atoms with Gasteiger partial charge in [-0.3, -0.25) is 9.67 Å². The summed E-state index contributed by atoms with van der Waals surface area (Å²) in [5, 5.41) is 4.93. The van der Waals surface area contributed by atoms with Gasteiger partial charge in [0.25, 0.3) is 0 Å². The zero-order valence-electron chi connectivity index (χ0n) is 14.0. The fraction of sp³-hybridized carbons (Fsp3) is 0.250. The van der Waals surface area contributed by atoms with Crippen molar-refractivity contribution in [1.29, 1.82) is 0 Å². The van der Waals surface area contributed by atoms with Gasteiger partial charge in [0.05, 0.1) is 27.5 Å². The quantitative estimate of drug-likeness (QED) is 0.508. The van der Waals surface area contributed by atoms with Gasteiger partial charge in [0.2, 0.25) is 0 Å². The summed E-state index contributed by atoms with van der Waals surface area (Å²) in [6, 6.07) is 13.1. The van der Waals surface area contributed by atoms with Crippen LogP contribution in [-0.4, -0.2) is 19.7 Å². The molecule has 0 atom stereocenters. The van der Waals surface area contributed by atoms with Crippen LogP contribution in [0.2, 0.25) is 0 Å². The number of aromatic nitrogens is 4. The summed E-state index contributed by atoms with van der Waals surface area (Å²) in [7, 11) is 0. The van der Waals surface area contributed by atoms with Crippen LogP contribution in [0.5, 0.6) is 0 Å². The second-order valence-corrected chi connectivity index (χ2v) is 7.54. The average molecular weight is 346 g/mol. The Labute approximate surface area is 150 Å². The van der Waals surface area contributed by atoms with Gasteiger partial charge in [0.15, 0.2) is 0 Å². The van der Waals surface area contributed by atoms with E-state index in [9.17, 15) is 0 Å². The topological polar surface area (TPSA) is 43.6 Å². The molecule has 0 unspecified atom stereocenters. The maximum absolute atomic E-state index is 4.93. The van der Waals surface area contributed by atoms with Crippen molar-refractivity contribution in [3.63, 3.8) is 0 Å². The van der Waals surface area contributed by atoms with Crippen molar-refractivity contribution >= 4 is 21.6 Å². The Morgan fingerprint density at radius 2 is 2.08 bits per heavy atom. The third-order valence-corrected chi connectivity index (χ3v) is 5.75. The molecule has 1 aliphatic carbocycles. The standard InChI is InChI=1S/C20H18N4S/c1-13-4-2-7-18(22-13)20-16(11-24(23-20)15-5-3-6-15)14-8-9-17-19(10-14)25-12-21-17/h2,4,7-12,15H,3,5-6H2,1H3. The molecule has 5 rings (SSSR count). The van der Waals surface area contributed by atoms with Crippen molar-refractivity contribution in [2.24, 2.45) is 0 Å². The van der Waals surface area contributed by atoms with Gasteiger partial charge in [0.1, 0.15) is 5.69 Å². The molecule has 0 spiro atoms. The number of fused-ring (bicyclic) bond motifs is 1. The van der Waals surface area contributed by atoms with Crippen LogP contribution in [0.1, 0.15) is 31.0 Å². The van der Waals surface area contributed by atoms with Crippen LogP contribution in [0, 0.1) is 6.92 Å². The minimum absolute atomic E-state index is 0.532. The Morgan fingerprint density at radius 1 is 1.16 bits per heavy atom. The lowest BCUT2D eigenvalue weighted by atomic mass is 9.93. The van der Waals surface area contributed by atoms with Crippen molar-refractivity contribution < 1.29 is 0 Å². The van der Waals surface area contributed by atoms with E-state index in [0.717, 1.165) is 28.2 Å². The van der Waals surface area contributed by atoms with Crippen LogP contribution in [0.4, 0.5) is 0 Å². The third kappa shape index (κ3) is 2.55. The lowest BCUT2D eigenvalue weighted by Crippen LogP contribution is -2.17. The monoisotopic (exact) mass is 346 g/mol. The van der Waals surface area contributed by atoms with Crippen molar-refractivity contribution in [2.75, 3.05) is 0 Å². The Kier molecular flexibility index (Phi) is 3.41. The molecule has 0 saturated heterocycles. The molecule has 4 nitrogen and oxygen atoms in total. The fourth-order valence-corrected chi connectivity index (χ4v) is 4.04. The third-order valence-electron chi connectivity index (χ3n) is 4.95. The van der Waals surface area contributed by atoms with Crippen LogP contribution < -0.4 is 0 Å². The Bertz CT molecular complexity index is 1060. The Balaban J connectivity index is 1.69. The number of nitrogens with zero attached hydrogens (tertiary/aromatic N) is 4. The zero-order chi connectivity index (χ0) is 16.8. The van der Waals surface area contributed by atoms with Gasteiger partial charge in [-0.05, 0) is 56.0 Å². The van der Waals surface area contributed by atoms with Gasteiger partial charge >= 0.3 is 0 Å². The van der Waals surface area contributed by atoms with E-state index in [-0.39, 0.29) is 0 Å². The second kappa shape index (κ2) is 5.77. The summed E-state index contributed by atoms with van der Waals surface area (Å²) in [6.45, 7) is 2.02. The highest BCUT2D eigenvalue weighted by molar-refractivity contribution is 7.16. The molecule has 0 bridgehead atoms. The van der Waals surface area contributed by atoms with Crippen LogP contribution in [0.3, 0.4) is 0 Å². The van der Waals surface area contributed by atoms with E-state index >= 15 is 0 Å². The van der Waals surface area contributed by atoms with E-state index in [1.165, 1.54) is 29.5 Å². The fourth-order valence-electron chi connectivity index (χ4n) is 3.33. The molecular weight excluding hydrogens is 328 g/mol. The molecule has 0 amide bonds. The van der Waals surface area contributed by atoms with Crippen molar-refractivity contribution in [3.8, 4) is 22.5 Å². The Morgan fingerprint density at radius 3 is 2.88 bits per heavy atom. The minimum Gasteiger partial charge on any atom is -0.268 e. The maximum atomic E-state index is 4.93. The lowest BCUT2D eigenvalue weighted by Gasteiger charge is -2.25. The summed E-state index contributed by atoms with van der Waals surface area (Å²) >= 11 is 1.68. The molecule has 3 heterocycles. The molecule has 4 aromatic rings. The molecule has 1 fully saturated rings. The molecule has 1 aliphatic rings. The van der Waals surface area contributed by atoms with E-state index in [1.807, 2.05) is 18.5 Å². The average Bonchev–Trinajstić information content (AvgIpc) is 3.19. The predicted octanol–water partition coefficient (Wildman–Crippen LogP) is 5.26. The Hall–Kier alpha value is -2.53. The number of hydrogen-bond donors (Lipinski definition) is 0. The molecule has 124 valence electrons. The zero-order valence-corrected chi connectivity index (χ0v) is 14.8. The van der Waals surface area contributed by atoms with Crippen molar-refractivity contribution in [1.82, 2.24) is 19.7 Å². The summed E-state index contributed by atoms with van der Waals surface area (Å²) in [5.41, 5.74) is 8.21. The summed E-state index contributed by atoms with van der Waals surface area (Å²) in [6.07, 6.45) is 5.93. The van der Waals surface area contributed by atoms with Gasteiger partial charge in [-0.2, -0.15) is 5.10 Å². The highest BCUT2D eigenvalue weighted by atomic mass is 32.1. The molecule has 0 radical (unpaired) electrons. The number of hydrogen-bond acceptors (Lipinski definition) is 4. The molecule has 0 aliphatic heterocycles. The summed E-state index contributed by atoms with van der Waals surface area (Å²) < 4.78 is 3.35. The van der Waals surface area contributed by atoms with Gasteiger partial charge in [-0.15, -0.1) is 11.3 Å². The number of thiazole rings is 1. The number of benzene rings is 1. The van der Waals surface area contributed by atoms with Crippen LogP contribution in [0.25, 0.3) is 32.7 Å². The highest BCUT2D eigenvalue weighted by Crippen LogP contribution is 2.37. The van der Waals surface area contributed by atoms with Crippen LogP contribution in [-0.2, 0) is 0 Å². The first-order valence-corrected chi connectivity index (χ1v) is 9.53. The van der Waals surface area contributed by atoms with Gasteiger partial charge < -0.3 is 0 Å². The smallest absolute Gasteiger partial charge is 0.119 e. The number of aryl methyl sites for hydroxylation is 1. The molecule has 0 N–H and O–H groups in total. The van der Waals surface area contributed by atoms with Gasteiger partial charge in [-0.25, -0.2) is 4.98 Å². The van der Waals surface area contributed by atoms with Crippen molar-refractivity contribution in [3.05, 3.63) is 53.8 Å². The first-order chi connectivity index (χ1) is 12.3. The molecule has 1 saturated carbocycles. The van der Waals surface area contributed by atoms with Crippen LogP contribution in [0.15, 0.2) is 48.1 Å². The largest absolute Gasteiger partial charge is 0.268 e. The SMILES string of the molecule is Cc1cccc(-c2nn(C3CCC3)cc2-c2ccc3ncsc3c2)n1. The maximum Gasteiger partial charge on any atom is 0.119 e. The predicted molar refractivity (Wildman–Crippen MR) is 102 cm³/mol. The summed E-state index contributed by atoms with van der Waals surface area (Å²) in [4.78, 5) is 9.10. The first-order valence-electron chi connectivity index (χ1n) is 8.65. The molecule has 1 aromatic carbocycles.